The van der Waals surface area contributed by atoms with E-state index >= 15 is 0 Å². The number of likely N-dealkylation sites (N-methyl/N-ethyl adjacent to an activating group) is 1. The van der Waals surface area contributed by atoms with Crippen molar-refractivity contribution in [2.45, 2.75) is 26.8 Å². The monoisotopic (exact) mass is 191 g/mol. The van der Waals surface area contributed by atoms with Gasteiger partial charge >= 0.3 is 0 Å². The number of carbonyl (C=O) groups excluding carboxylic acids is 1. The first-order chi connectivity index (χ1) is 6.65. The summed E-state index contributed by atoms with van der Waals surface area (Å²) in [4.78, 5) is 11.8. The molecule has 0 aliphatic carbocycles. The van der Waals surface area contributed by atoms with Gasteiger partial charge in [-0.25, -0.2) is 0 Å². The Morgan fingerprint density at radius 2 is 1.93 bits per heavy atom. The van der Waals surface area contributed by atoms with Gasteiger partial charge in [-0.2, -0.15) is 0 Å². The van der Waals surface area contributed by atoms with Crippen LogP contribution in [0, 0.1) is 6.92 Å². The van der Waals surface area contributed by atoms with Gasteiger partial charge in [0.15, 0.2) is 5.78 Å². The molecule has 0 spiro atoms. The molecule has 0 bridgehead atoms. The molecule has 0 radical (unpaired) electrons. The SMILES string of the molecule is CCN[C@H](C)C(=O)c1ccc(C)cc1. The fourth-order valence-corrected chi connectivity index (χ4v) is 1.37. The predicted molar refractivity (Wildman–Crippen MR) is 58.6 cm³/mol. The second kappa shape index (κ2) is 4.91. The van der Waals surface area contributed by atoms with Crippen molar-refractivity contribution in [2.75, 3.05) is 6.54 Å². The number of ketones is 1. The highest BCUT2D eigenvalue weighted by Gasteiger charge is 2.12. The van der Waals surface area contributed by atoms with Gasteiger partial charge in [0.1, 0.15) is 0 Å². The van der Waals surface area contributed by atoms with Gasteiger partial charge in [-0.1, -0.05) is 36.8 Å². The van der Waals surface area contributed by atoms with Crippen LogP contribution in [0.4, 0.5) is 0 Å². The Kier molecular flexibility index (Phi) is 3.84. The quantitative estimate of drug-likeness (QED) is 0.739. The first-order valence-corrected chi connectivity index (χ1v) is 4.99. The minimum absolute atomic E-state index is 0.0947. The average Bonchev–Trinajstić information content (AvgIpc) is 2.18. The lowest BCUT2D eigenvalue weighted by molar-refractivity contribution is 0.0952. The summed E-state index contributed by atoms with van der Waals surface area (Å²) in [6.07, 6.45) is 0. The Morgan fingerprint density at radius 1 is 1.36 bits per heavy atom. The molecule has 0 saturated carbocycles. The molecule has 0 amide bonds. The summed E-state index contributed by atoms with van der Waals surface area (Å²) in [5.74, 6) is 0.159. The largest absolute Gasteiger partial charge is 0.308 e. The maximum atomic E-state index is 11.8. The molecular weight excluding hydrogens is 174 g/mol. The van der Waals surface area contributed by atoms with Crippen molar-refractivity contribution < 1.29 is 4.79 Å². The van der Waals surface area contributed by atoms with Gasteiger partial charge in [0.25, 0.3) is 0 Å². The van der Waals surface area contributed by atoms with Crippen molar-refractivity contribution in [3.8, 4) is 0 Å². The number of hydrogen-bond donors (Lipinski definition) is 1. The van der Waals surface area contributed by atoms with E-state index in [-0.39, 0.29) is 11.8 Å². The second-order valence-corrected chi connectivity index (χ2v) is 3.51. The highest BCUT2D eigenvalue weighted by Crippen LogP contribution is 2.06. The van der Waals surface area contributed by atoms with E-state index in [1.165, 1.54) is 5.56 Å². The van der Waals surface area contributed by atoms with E-state index in [0.717, 1.165) is 12.1 Å². The summed E-state index contributed by atoms with van der Waals surface area (Å²) in [5, 5.41) is 3.11. The van der Waals surface area contributed by atoms with E-state index in [4.69, 9.17) is 0 Å². The predicted octanol–water partition coefficient (Wildman–Crippen LogP) is 2.18. The zero-order valence-electron chi connectivity index (χ0n) is 9.00. The summed E-state index contributed by atoms with van der Waals surface area (Å²) >= 11 is 0. The minimum Gasteiger partial charge on any atom is -0.308 e. The molecule has 0 aliphatic heterocycles. The number of hydrogen-bond acceptors (Lipinski definition) is 2. The minimum atomic E-state index is -0.0947. The number of Topliss-reactive ketones (excluding diaryl/α,β-unsaturated/α-hetero) is 1. The molecule has 0 unspecified atom stereocenters. The van der Waals surface area contributed by atoms with Crippen molar-refractivity contribution >= 4 is 5.78 Å². The van der Waals surface area contributed by atoms with Crippen LogP contribution < -0.4 is 5.32 Å². The zero-order chi connectivity index (χ0) is 10.6. The van der Waals surface area contributed by atoms with E-state index in [2.05, 4.69) is 5.32 Å². The molecule has 1 rings (SSSR count). The third-order valence-electron chi connectivity index (χ3n) is 2.24. The Balaban J connectivity index is 2.74. The van der Waals surface area contributed by atoms with Gasteiger partial charge < -0.3 is 5.32 Å². The lowest BCUT2D eigenvalue weighted by Crippen LogP contribution is -2.33. The van der Waals surface area contributed by atoms with E-state index in [1.807, 2.05) is 45.0 Å². The van der Waals surface area contributed by atoms with E-state index < -0.39 is 0 Å². The van der Waals surface area contributed by atoms with Crippen molar-refractivity contribution in [3.63, 3.8) is 0 Å². The van der Waals surface area contributed by atoms with Crippen LogP contribution in [-0.2, 0) is 0 Å². The molecule has 1 N–H and O–H groups in total. The third-order valence-corrected chi connectivity index (χ3v) is 2.24. The van der Waals surface area contributed by atoms with Crippen molar-refractivity contribution in [2.24, 2.45) is 0 Å². The molecule has 1 atom stereocenters. The highest BCUT2D eigenvalue weighted by atomic mass is 16.1. The van der Waals surface area contributed by atoms with Gasteiger partial charge in [-0.15, -0.1) is 0 Å². The molecule has 2 heteroatoms. The van der Waals surface area contributed by atoms with Crippen LogP contribution in [0.3, 0.4) is 0 Å². The van der Waals surface area contributed by atoms with Crippen LogP contribution in [0.1, 0.15) is 29.8 Å². The van der Waals surface area contributed by atoms with Gasteiger partial charge in [0, 0.05) is 5.56 Å². The number of aryl methyl sites for hydroxylation is 1. The molecule has 0 aliphatic rings. The van der Waals surface area contributed by atoms with Crippen LogP contribution >= 0.6 is 0 Å². The summed E-state index contributed by atoms with van der Waals surface area (Å²) < 4.78 is 0. The number of carbonyl (C=O) groups is 1. The maximum Gasteiger partial charge on any atom is 0.179 e. The molecule has 1 aromatic carbocycles. The fourth-order valence-electron chi connectivity index (χ4n) is 1.37. The van der Waals surface area contributed by atoms with Crippen molar-refractivity contribution in [3.05, 3.63) is 35.4 Å². The lowest BCUT2D eigenvalue weighted by Gasteiger charge is -2.10. The number of rotatable bonds is 4. The first-order valence-electron chi connectivity index (χ1n) is 4.99. The molecule has 14 heavy (non-hydrogen) atoms. The zero-order valence-corrected chi connectivity index (χ0v) is 9.00. The Labute approximate surface area is 85.3 Å². The van der Waals surface area contributed by atoms with Gasteiger partial charge in [-0.3, -0.25) is 4.79 Å². The van der Waals surface area contributed by atoms with E-state index in [9.17, 15) is 4.79 Å². The Hall–Kier alpha value is -1.15. The first kappa shape index (κ1) is 10.9. The lowest BCUT2D eigenvalue weighted by atomic mass is 10.0. The maximum absolute atomic E-state index is 11.8. The molecule has 0 fully saturated rings. The third kappa shape index (κ3) is 2.67. The Morgan fingerprint density at radius 3 is 2.43 bits per heavy atom. The molecule has 2 nitrogen and oxygen atoms in total. The summed E-state index contributed by atoms with van der Waals surface area (Å²) in [6, 6.07) is 7.59. The van der Waals surface area contributed by atoms with Gasteiger partial charge in [-0.05, 0) is 20.4 Å². The van der Waals surface area contributed by atoms with Crippen LogP contribution in [0.25, 0.3) is 0 Å². The van der Waals surface area contributed by atoms with E-state index in [1.54, 1.807) is 0 Å². The topological polar surface area (TPSA) is 29.1 Å². The number of benzene rings is 1. The fraction of sp³-hybridized carbons (Fsp3) is 0.417. The molecule has 0 saturated heterocycles. The Bertz CT molecular complexity index is 303. The van der Waals surface area contributed by atoms with Crippen LogP contribution in [-0.4, -0.2) is 18.4 Å². The van der Waals surface area contributed by atoms with Crippen LogP contribution in [0.2, 0.25) is 0 Å². The normalized spacial score (nSPS) is 12.5. The molecule has 0 heterocycles. The molecule has 1 aromatic rings. The standard InChI is InChI=1S/C12H17NO/c1-4-13-10(3)12(14)11-7-5-9(2)6-8-11/h5-8,10,13H,4H2,1-3H3/t10-/m1/s1. The van der Waals surface area contributed by atoms with Crippen LogP contribution in [0.15, 0.2) is 24.3 Å². The summed E-state index contributed by atoms with van der Waals surface area (Å²) in [6.45, 7) is 6.73. The average molecular weight is 191 g/mol. The second-order valence-electron chi connectivity index (χ2n) is 3.51. The van der Waals surface area contributed by atoms with Gasteiger partial charge in [0.2, 0.25) is 0 Å². The van der Waals surface area contributed by atoms with Crippen molar-refractivity contribution in [1.82, 2.24) is 5.32 Å². The van der Waals surface area contributed by atoms with Gasteiger partial charge in [0.05, 0.1) is 6.04 Å². The van der Waals surface area contributed by atoms with E-state index in [0.29, 0.717) is 0 Å². The molecule has 76 valence electrons. The van der Waals surface area contributed by atoms with Crippen LogP contribution in [0.5, 0.6) is 0 Å². The van der Waals surface area contributed by atoms with Crippen molar-refractivity contribution in [1.29, 1.82) is 0 Å². The molecular formula is C12H17NO. The highest BCUT2D eigenvalue weighted by molar-refractivity contribution is 5.99. The summed E-state index contributed by atoms with van der Waals surface area (Å²) in [5.41, 5.74) is 1.96. The number of nitrogens with one attached hydrogen (secondary N) is 1. The smallest absolute Gasteiger partial charge is 0.179 e. The summed E-state index contributed by atoms with van der Waals surface area (Å²) in [7, 11) is 0. The molecule has 0 aromatic heterocycles.